The van der Waals surface area contributed by atoms with E-state index >= 15 is 0 Å². The molecule has 20 heavy (non-hydrogen) atoms. The summed E-state index contributed by atoms with van der Waals surface area (Å²) in [4.78, 5) is 2.43. The lowest BCUT2D eigenvalue weighted by molar-refractivity contribution is 0.185. The minimum atomic E-state index is 0. The number of hydrogen-bond acceptors (Lipinski definition) is 4. The largest absolute Gasteiger partial charge is 0.503 e. The smallest absolute Gasteiger partial charge is 0.172 e. The van der Waals surface area contributed by atoms with Crippen LogP contribution in [-0.4, -0.2) is 43.3 Å². The van der Waals surface area contributed by atoms with Gasteiger partial charge in [0.05, 0.1) is 11.6 Å². The molecule has 0 radical (unpaired) electrons. The Labute approximate surface area is 140 Å². The Morgan fingerprint density at radius 3 is 2.45 bits per heavy atom. The molecule has 0 amide bonds. The molecule has 1 aliphatic heterocycles. The number of hydrogen-bond donors (Lipinski definition) is 2. The van der Waals surface area contributed by atoms with Crippen molar-refractivity contribution in [2.45, 2.75) is 13.0 Å². The van der Waals surface area contributed by atoms with E-state index in [0.717, 1.165) is 31.7 Å². The molecule has 1 aliphatic rings. The Morgan fingerprint density at radius 2 is 1.90 bits per heavy atom. The van der Waals surface area contributed by atoms with Gasteiger partial charge < -0.3 is 15.2 Å². The summed E-state index contributed by atoms with van der Waals surface area (Å²) in [5.41, 5.74) is 1.15. The predicted octanol–water partition coefficient (Wildman–Crippen LogP) is 2.97. The molecule has 1 heterocycles. The van der Waals surface area contributed by atoms with Crippen LogP contribution in [0.2, 0.25) is 0 Å². The van der Waals surface area contributed by atoms with E-state index in [9.17, 15) is 5.11 Å². The summed E-state index contributed by atoms with van der Waals surface area (Å²) in [5.74, 6) is 0.676. The Hall–Kier alpha value is -0.200. The van der Waals surface area contributed by atoms with Gasteiger partial charge in [-0.05, 0) is 40.5 Å². The van der Waals surface area contributed by atoms with Crippen LogP contribution in [0, 0.1) is 0 Å². The van der Waals surface area contributed by atoms with Crippen LogP contribution in [0.5, 0.6) is 11.5 Å². The van der Waals surface area contributed by atoms with Crippen molar-refractivity contribution < 1.29 is 9.84 Å². The molecule has 0 unspecified atom stereocenters. The molecule has 7 heteroatoms. The molecule has 1 saturated heterocycles. The third-order valence-corrected chi connectivity index (χ3v) is 4.06. The molecule has 0 spiro atoms. The number of rotatable bonds is 3. The maximum Gasteiger partial charge on any atom is 0.172 e. The fourth-order valence-electron chi connectivity index (χ4n) is 2.27. The summed E-state index contributed by atoms with van der Waals surface area (Å²) in [5, 5.41) is 13.2. The number of halogens is 3. The number of piperazine rings is 1. The Kier molecular flexibility index (Phi) is 8.86. The second-order valence-corrected chi connectivity index (χ2v) is 5.37. The molecule has 2 rings (SSSR count). The number of phenols is 1. The highest BCUT2D eigenvalue weighted by Gasteiger charge is 2.20. The molecular formula is C13H21BrCl2N2O2. The molecule has 1 fully saturated rings. The quantitative estimate of drug-likeness (QED) is 0.836. The van der Waals surface area contributed by atoms with Gasteiger partial charge in [-0.2, -0.15) is 0 Å². The van der Waals surface area contributed by atoms with Gasteiger partial charge in [0.15, 0.2) is 11.5 Å². The molecule has 2 N–H and O–H groups in total. The van der Waals surface area contributed by atoms with E-state index in [0.29, 0.717) is 16.3 Å². The van der Waals surface area contributed by atoms with Crippen molar-refractivity contribution in [3.8, 4) is 11.5 Å². The predicted molar refractivity (Wildman–Crippen MR) is 89.7 cm³/mol. The van der Waals surface area contributed by atoms with Crippen molar-refractivity contribution in [2.75, 3.05) is 33.3 Å². The second-order valence-electron chi connectivity index (χ2n) is 4.52. The van der Waals surface area contributed by atoms with Crippen molar-refractivity contribution in [2.24, 2.45) is 0 Å². The van der Waals surface area contributed by atoms with Gasteiger partial charge >= 0.3 is 0 Å². The van der Waals surface area contributed by atoms with E-state index in [1.165, 1.54) is 0 Å². The van der Waals surface area contributed by atoms with Gasteiger partial charge in [0.1, 0.15) is 0 Å². The van der Waals surface area contributed by atoms with Crippen molar-refractivity contribution in [1.82, 2.24) is 10.2 Å². The molecule has 0 aromatic heterocycles. The average Bonchev–Trinajstić information content (AvgIpc) is 2.42. The van der Waals surface area contributed by atoms with E-state index in [2.05, 4.69) is 33.1 Å². The number of benzene rings is 1. The van der Waals surface area contributed by atoms with Gasteiger partial charge in [-0.1, -0.05) is 0 Å². The van der Waals surface area contributed by atoms with Crippen LogP contribution < -0.4 is 10.1 Å². The van der Waals surface area contributed by atoms with Crippen LogP contribution in [-0.2, 0) is 0 Å². The van der Waals surface area contributed by atoms with Crippen molar-refractivity contribution in [3.63, 3.8) is 0 Å². The molecule has 0 bridgehead atoms. The van der Waals surface area contributed by atoms with E-state index in [4.69, 9.17) is 4.74 Å². The topological polar surface area (TPSA) is 44.7 Å². The summed E-state index contributed by atoms with van der Waals surface area (Å²) in [6.07, 6.45) is 0. The van der Waals surface area contributed by atoms with Crippen LogP contribution in [0.25, 0.3) is 0 Å². The molecule has 4 nitrogen and oxygen atoms in total. The minimum absolute atomic E-state index is 0. The van der Waals surface area contributed by atoms with Gasteiger partial charge in [0.2, 0.25) is 0 Å². The van der Waals surface area contributed by atoms with Crippen LogP contribution in [0.3, 0.4) is 0 Å². The zero-order valence-corrected chi connectivity index (χ0v) is 14.8. The number of nitrogens with one attached hydrogen (secondary N) is 1. The van der Waals surface area contributed by atoms with Crippen molar-refractivity contribution in [3.05, 3.63) is 22.2 Å². The first-order valence-corrected chi connectivity index (χ1v) is 6.94. The van der Waals surface area contributed by atoms with Crippen molar-refractivity contribution >= 4 is 40.7 Å². The normalized spacial score (nSPS) is 16.8. The summed E-state index contributed by atoms with van der Waals surface area (Å²) in [6.45, 7) is 6.33. The molecular weight excluding hydrogens is 367 g/mol. The Balaban J connectivity index is 0.00000180. The Bertz CT molecular complexity index is 429. The first-order chi connectivity index (χ1) is 8.63. The van der Waals surface area contributed by atoms with E-state index in [1.54, 1.807) is 7.11 Å². The summed E-state index contributed by atoms with van der Waals surface area (Å²) in [6, 6.07) is 4.19. The van der Waals surface area contributed by atoms with Gasteiger partial charge in [-0.15, -0.1) is 24.8 Å². The van der Waals surface area contributed by atoms with Crippen LogP contribution in [0.4, 0.5) is 0 Å². The van der Waals surface area contributed by atoms with Crippen LogP contribution in [0.15, 0.2) is 16.6 Å². The van der Waals surface area contributed by atoms with Crippen molar-refractivity contribution in [1.29, 1.82) is 0 Å². The number of nitrogens with zero attached hydrogens (tertiary/aromatic N) is 1. The van der Waals surface area contributed by atoms with Gasteiger partial charge in [-0.25, -0.2) is 0 Å². The zero-order chi connectivity index (χ0) is 13.1. The fourth-order valence-corrected chi connectivity index (χ4v) is 2.73. The summed E-state index contributed by atoms with van der Waals surface area (Å²) >= 11 is 3.37. The molecule has 0 aliphatic carbocycles. The molecule has 0 saturated carbocycles. The number of ether oxygens (including phenoxy) is 1. The van der Waals surface area contributed by atoms with E-state index < -0.39 is 0 Å². The average molecular weight is 388 g/mol. The monoisotopic (exact) mass is 386 g/mol. The SMILES string of the molecule is COc1cc([C@H](C)N2CCNCC2)cc(Br)c1O.Cl.Cl. The van der Waals surface area contributed by atoms with Crippen LogP contribution >= 0.6 is 40.7 Å². The molecule has 1 aromatic rings. The lowest BCUT2D eigenvalue weighted by Crippen LogP contribution is -2.44. The highest BCUT2D eigenvalue weighted by Crippen LogP contribution is 2.37. The zero-order valence-electron chi connectivity index (χ0n) is 11.6. The maximum absolute atomic E-state index is 9.82. The maximum atomic E-state index is 9.82. The Morgan fingerprint density at radius 1 is 1.30 bits per heavy atom. The molecule has 116 valence electrons. The van der Waals surface area contributed by atoms with E-state index in [1.807, 2.05) is 12.1 Å². The lowest BCUT2D eigenvalue weighted by atomic mass is 10.1. The second kappa shape index (κ2) is 8.95. The fraction of sp³-hybridized carbons (Fsp3) is 0.538. The highest BCUT2D eigenvalue weighted by atomic mass is 79.9. The summed E-state index contributed by atoms with van der Waals surface area (Å²) in [7, 11) is 1.57. The summed E-state index contributed by atoms with van der Waals surface area (Å²) < 4.78 is 5.87. The van der Waals surface area contributed by atoms with E-state index in [-0.39, 0.29) is 30.6 Å². The first kappa shape index (κ1) is 19.8. The third-order valence-electron chi connectivity index (χ3n) is 3.45. The standard InChI is InChI=1S/C13H19BrN2O2.2ClH/c1-9(16-5-3-15-4-6-16)10-7-11(14)13(17)12(8-10)18-2;;/h7-9,15,17H,3-6H2,1-2H3;2*1H/t9-;;/m0../s1. The molecule has 1 atom stereocenters. The first-order valence-electron chi connectivity index (χ1n) is 6.14. The third kappa shape index (κ3) is 4.40. The number of aromatic hydroxyl groups is 1. The van der Waals surface area contributed by atoms with Gasteiger partial charge in [-0.3, -0.25) is 4.90 Å². The lowest BCUT2D eigenvalue weighted by Gasteiger charge is -2.33. The molecule has 1 aromatic carbocycles. The van der Waals surface area contributed by atoms with Gasteiger partial charge in [0.25, 0.3) is 0 Å². The number of methoxy groups -OCH3 is 1. The van der Waals surface area contributed by atoms with Gasteiger partial charge in [0, 0.05) is 32.2 Å². The minimum Gasteiger partial charge on any atom is -0.503 e. The van der Waals surface area contributed by atoms with Crippen LogP contribution in [0.1, 0.15) is 18.5 Å². The highest BCUT2D eigenvalue weighted by molar-refractivity contribution is 9.10. The number of phenolic OH excluding ortho intramolecular Hbond substituents is 1.